The number of anilines is 1. The number of aliphatic hydroxyl groups excluding tert-OH is 1. The van der Waals surface area contributed by atoms with E-state index in [1.165, 1.54) is 0 Å². The highest BCUT2D eigenvalue weighted by atomic mass is 35.5. The Hall–Kier alpha value is -2.53. The van der Waals surface area contributed by atoms with E-state index in [2.05, 4.69) is 4.98 Å². The van der Waals surface area contributed by atoms with Gasteiger partial charge in [-0.25, -0.2) is 9.18 Å². The van der Waals surface area contributed by atoms with Gasteiger partial charge in [0.25, 0.3) is 0 Å². The molecule has 1 fully saturated rings. The summed E-state index contributed by atoms with van der Waals surface area (Å²) in [5.41, 5.74) is 9.70. The van der Waals surface area contributed by atoms with Crippen LogP contribution >= 0.6 is 11.6 Å². The number of benzene rings is 1. The van der Waals surface area contributed by atoms with Gasteiger partial charge in [-0.15, -0.1) is 11.6 Å². The highest BCUT2D eigenvalue weighted by molar-refractivity contribution is 6.18. The van der Waals surface area contributed by atoms with Crippen molar-refractivity contribution in [3.05, 3.63) is 58.4 Å². The number of hydrogen-bond acceptors (Lipinski definition) is 8. The Morgan fingerprint density at radius 3 is 2.83 bits per heavy atom. The largest absolute Gasteiger partial charge is 0.461 e. The number of halogens is 2. The maximum absolute atomic E-state index is 13.7. The minimum absolute atomic E-state index is 0.0920. The normalized spacial score (nSPS) is 24.5. The molecule has 4 atom stereocenters. The van der Waals surface area contributed by atoms with Crippen LogP contribution in [0.4, 0.5) is 10.2 Å². The molecule has 162 valence electrons. The number of alkyl halides is 1. The molecule has 30 heavy (non-hydrogen) atoms. The summed E-state index contributed by atoms with van der Waals surface area (Å²) in [5.74, 6) is -2.39. The van der Waals surface area contributed by atoms with Gasteiger partial charge in [0.1, 0.15) is 24.5 Å². The van der Waals surface area contributed by atoms with Gasteiger partial charge in [-0.3, -0.25) is 9.36 Å². The quantitative estimate of drug-likeness (QED) is 0.413. The Balaban J connectivity index is 1.67. The Morgan fingerprint density at radius 2 is 2.17 bits per heavy atom. The molecule has 1 aliphatic rings. The Morgan fingerprint density at radius 1 is 1.47 bits per heavy atom. The third-order valence-electron chi connectivity index (χ3n) is 4.93. The summed E-state index contributed by atoms with van der Waals surface area (Å²) in [6, 6.07) is 8.25. The molecule has 0 aliphatic carbocycles. The minimum Gasteiger partial charge on any atom is -0.461 e. The summed E-state index contributed by atoms with van der Waals surface area (Å²) in [7, 11) is 0. The van der Waals surface area contributed by atoms with Crippen molar-refractivity contribution in [3.63, 3.8) is 0 Å². The van der Waals surface area contributed by atoms with E-state index in [1.807, 2.05) is 30.3 Å². The number of carbonyl (C=O) groups excluding carboxylic acids is 1. The van der Waals surface area contributed by atoms with Gasteiger partial charge in [0.2, 0.25) is 0 Å². The van der Waals surface area contributed by atoms with Crippen LogP contribution in [0.15, 0.2) is 41.3 Å². The van der Waals surface area contributed by atoms with E-state index in [-0.39, 0.29) is 18.7 Å². The van der Waals surface area contributed by atoms with Crippen LogP contribution in [-0.4, -0.2) is 50.9 Å². The van der Waals surface area contributed by atoms with Crippen LogP contribution in [0.2, 0.25) is 0 Å². The third kappa shape index (κ3) is 4.62. The summed E-state index contributed by atoms with van der Waals surface area (Å²) < 4.78 is 25.6. The lowest BCUT2D eigenvalue weighted by Gasteiger charge is -2.29. The summed E-state index contributed by atoms with van der Waals surface area (Å²) in [6.07, 6.45) is -1.23. The van der Waals surface area contributed by atoms with Gasteiger partial charge in [0.15, 0.2) is 11.6 Å². The number of hydrogen-bond donors (Lipinski definition) is 3. The van der Waals surface area contributed by atoms with Crippen LogP contribution in [0.3, 0.4) is 0 Å². The standard InChI is InChI=1S/C19H22ClFN4O5/c20-9-19(10-29-17(27)13(22)6-11-4-2-1-3-5-11)14(26)7-15(30-19)25-8-12(21)16(23)24-18(25)28/h1-5,8,13-15,26H,6-7,9-10,22H2,(H2,23,24,28)/t13-,14-,15+,19+/m0/s1. The number of nitrogen functional groups attached to an aromatic ring is 1. The van der Waals surface area contributed by atoms with Crippen LogP contribution in [-0.2, 0) is 20.7 Å². The third-order valence-corrected chi connectivity index (χ3v) is 5.39. The van der Waals surface area contributed by atoms with Crippen LogP contribution in [0.1, 0.15) is 18.2 Å². The summed E-state index contributed by atoms with van der Waals surface area (Å²) in [6.45, 7) is -0.394. The first-order chi connectivity index (χ1) is 14.3. The number of aliphatic hydroxyl groups is 1. The molecule has 1 saturated heterocycles. The number of nitrogens with zero attached hydrogens (tertiary/aromatic N) is 2. The molecular formula is C19H22ClFN4O5. The molecule has 0 bridgehead atoms. The Labute approximate surface area is 176 Å². The fourth-order valence-corrected chi connectivity index (χ4v) is 3.50. The number of carbonyl (C=O) groups is 1. The number of esters is 1. The van der Waals surface area contributed by atoms with Gasteiger partial charge in [-0.2, -0.15) is 4.98 Å². The van der Waals surface area contributed by atoms with Gasteiger partial charge in [0.05, 0.1) is 18.2 Å². The zero-order chi connectivity index (χ0) is 21.9. The lowest BCUT2D eigenvalue weighted by Crippen LogP contribution is -2.48. The molecule has 0 amide bonds. The topological polar surface area (TPSA) is 143 Å². The van der Waals surface area contributed by atoms with Crippen LogP contribution in [0, 0.1) is 5.82 Å². The van der Waals surface area contributed by atoms with Crippen molar-refractivity contribution in [2.45, 2.75) is 36.8 Å². The maximum Gasteiger partial charge on any atom is 0.351 e. The van der Waals surface area contributed by atoms with E-state index in [0.717, 1.165) is 16.3 Å². The van der Waals surface area contributed by atoms with E-state index in [9.17, 15) is 19.1 Å². The molecule has 3 rings (SSSR count). The predicted molar refractivity (Wildman–Crippen MR) is 106 cm³/mol. The van der Waals surface area contributed by atoms with Gasteiger partial charge in [-0.05, 0) is 12.0 Å². The summed E-state index contributed by atoms with van der Waals surface area (Å²) >= 11 is 6.00. The van der Waals surface area contributed by atoms with Gasteiger partial charge >= 0.3 is 11.7 Å². The number of rotatable bonds is 7. The molecule has 1 aromatic carbocycles. The molecule has 11 heteroatoms. The molecule has 2 aromatic rings. The molecule has 0 saturated carbocycles. The smallest absolute Gasteiger partial charge is 0.351 e. The zero-order valence-corrected chi connectivity index (χ0v) is 16.7. The summed E-state index contributed by atoms with van der Waals surface area (Å²) in [5, 5.41) is 10.5. The van der Waals surface area contributed by atoms with Crippen molar-refractivity contribution in [1.82, 2.24) is 9.55 Å². The highest BCUT2D eigenvalue weighted by Gasteiger charge is 2.50. The van der Waals surface area contributed by atoms with Gasteiger partial charge < -0.3 is 26.0 Å². The predicted octanol–water partition coefficient (Wildman–Crippen LogP) is 0.335. The first-order valence-corrected chi connectivity index (χ1v) is 9.71. The van der Waals surface area contributed by atoms with Crippen LogP contribution < -0.4 is 17.2 Å². The van der Waals surface area contributed by atoms with Crippen molar-refractivity contribution in [2.24, 2.45) is 5.73 Å². The second-order valence-electron chi connectivity index (χ2n) is 7.09. The number of ether oxygens (including phenoxy) is 2. The first kappa shape index (κ1) is 22.2. The molecule has 0 unspecified atom stereocenters. The lowest BCUT2D eigenvalue weighted by atomic mass is 10.00. The molecule has 5 N–H and O–H groups in total. The van der Waals surface area contributed by atoms with Crippen LogP contribution in [0.5, 0.6) is 0 Å². The average Bonchev–Trinajstić information content (AvgIpc) is 3.06. The van der Waals surface area contributed by atoms with E-state index in [1.54, 1.807) is 0 Å². The second kappa shape index (κ2) is 9.09. The first-order valence-electron chi connectivity index (χ1n) is 9.18. The van der Waals surface area contributed by atoms with Gasteiger partial charge in [-0.1, -0.05) is 30.3 Å². The van der Waals surface area contributed by atoms with E-state index in [0.29, 0.717) is 0 Å². The molecule has 0 spiro atoms. The Kier molecular flexibility index (Phi) is 6.71. The Bertz CT molecular complexity index is 960. The van der Waals surface area contributed by atoms with E-state index >= 15 is 0 Å². The number of aromatic nitrogens is 2. The van der Waals surface area contributed by atoms with Gasteiger partial charge in [0, 0.05) is 6.42 Å². The average molecular weight is 441 g/mol. The van der Waals surface area contributed by atoms with Crippen molar-refractivity contribution in [2.75, 3.05) is 18.2 Å². The number of nitrogens with two attached hydrogens (primary N) is 2. The highest BCUT2D eigenvalue weighted by Crippen LogP contribution is 2.37. The molecule has 9 nitrogen and oxygen atoms in total. The van der Waals surface area contributed by atoms with Crippen molar-refractivity contribution in [3.8, 4) is 0 Å². The van der Waals surface area contributed by atoms with Crippen molar-refractivity contribution < 1.29 is 23.8 Å². The zero-order valence-electron chi connectivity index (χ0n) is 15.9. The lowest BCUT2D eigenvalue weighted by molar-refractivity contribution is -0.163. The van der Waals surface area contributed by atoms with E-state index in [4.69, 9.17) is 32.5 Å². The van der Waals surface area contributed by atoms with Crippen molar-refractivity contribution >= 4 is 23.4 Å². The van der Waals surface area contributed by atoms with E-state index < -0.39 is 53.9 Å². The fraction of sp³-hybridized carbons (Fsp3) is 0.421. The molecule has 1 aromatic heterocycles. The second-order valence-corrected chi connectivity index (χ2v) is 7.36. The monoisotopic (exact) mass is 440 g/mol. The molecule has 2 heterocycles. The maximum atomic E-state index is 13.7. The molecule has 1 aliphatic heterocycles. The van der Waals surface area contributed by atoms with Crippen molar-refractivity contribution in [1.29, 1.82) is 0 Å². The summed E-state index contributed by atoms with van der Waals surface area (Å²) in [4.78, 5) is 27.7. The fourth-order valence-electron chi connectivity index (χ4n) is 3.18. The molecule has 0 radical (unpaired) electrons. The SMILES string of the molecule is Nc1nc(=O)n([C@H]2C[C@H](O)[C@@](CCl)(COC(=O)[C@@H](N)Cc3ccccc3)O2)cc1F. The minimum atomic E-state index is -1.49. The molecular weight excluding hydrogens is 419 g/mol. The van der Waals surface area contributed by atoms with Crippen LogP contribution in [0.25, 0.3) is 0 Å².